The Labute approximate surface area is 134 Å². The van der Waals surface area contributed by atoms with E-state index in [1.165, 1.54) is 23.5 Å². The van der Waals surface area contributed by atoms with Crippen molar-refractivity contribution in [2.75, 3.05) is 0 Å². The van der Waals surface area contributed by atoms with Gasteiger partial charge in [0.2, 0.25) is 6.10 Å². The second-order valence-corrected chi connectivity index (χ2v) is 5.71. The van der Waals surface area contributed by atoms with Crippen LogP contribution in [0.3, 0.4) is 0 Å². The minimum absolute atomic E-state index is 0.199. The molecule has 2 heterocycles. The zero-order valence-corrected chi connectivity index (χ0v) is 12.6. The molecule has 23 heavy (non-hydrogen) atoms. The van der Waals surface area contributed by atoms with Gasteiger partial charge in [0.1, 0.15) is 5.82 Å². The molecule has 2 N–H and O–H groups in total. The maximum Gasteiger partial charge on any atom is 0.282 e. The number of oxime groups is 1. The van der Waals surface area contributed by atoms with Gasteiger partial charge >= 0.3 is 0 Å². The second-order valence-electron chi connectivity index (χ2n) is 4.77. The summed E-state index contributed by atoms with van der Waals surface area (Å²) in [4.78, 5) is 29.2. The van der Waals surface area contributed by atoms with Gasteiger partial charge in [-0.3, -0.25) is 20.4 Å². The number of hydrazine groups is 1. The van der Waals surface area contributed by atoms with E-state index in [0.717, 1.165) is 0 Å². The fourth-order valence-corrected chi connectivity index (χ4v) is 2.64. The predicted octanol–water partition coefficient (Wildman–Crippen LogP) is 1.84. The largest absolute Gasteiger partial charge is 0.382 e. The van der Waals surface area contributed by atoms with Crippen molar-refractivity contribution in [3.05, 3.63) is 58.0 Å². The van der Waals surface area contributed by atoms with E-state index in [1.54, 1.807) is 29.6 Å². The van der Waals surface area contributed by atoms with Crippen molar-refractivity contribution >= 4 is 28.9 Å². The Bertz CT molecular complexity index is 761. The molecule has 1 aliphatic rings. The molecule has 118 valence electrons. The van der Waals surface area contributed by atoms with E-state index in [-0.39, 0.29) is 12.2 Å². The number of halogens is 1. The Morgan fingerprint density at radius 2 is 2.13 bits per heavy atom. The number of nitrogens with one attached hydrogen (secondary N) is 2. The molecular formula is C15H12FN3O3S. The van der Waals surface area contributed by atoms with Crippen molar-refractivity contribution in [1.29, 1.82) is 0 Å². The average molecular weight is 333 g/mol. The lowest BCUT2D eigenvalue weighted by Gasteiger charge is -2.09. The molecule has 1 aromatic heterocycles. The average Bonchev–Trinajstić information content (AvgIpc) is 3.23. The lowest BCUT2D eigenvalue weighted by atomic mass is 10.0. The number of rotatable bonds is 3. The first-order valence-electron chi connectivity index (χ1n) is 6.76. The van der Waals surface area contributed by atoms with E-state index in [2.05, 4.69) is 16.0 Å². The van der Waals surface area contributed by atoms with E-state index in [0.29, 0.717) is 16.2 Å². The summed E-state index contributed by atoms with van der Waals surface area (Å²) in [6.45, 7) is 0. The van der Waals surface area contributed by atoms with Gasteiger partial charge in [0.15, 0.2) is 0 Å². The molecule has 1 aliphatic heterocycles. The molecule has 0 spiro atoms. The van der Waals surface area contributed by atoms with Crippen LogP contribution in [0.15, 0.2) is 46.9 Å². The molecule has 0 saturated carbocycles. The second kappa shape index (κ2) is 6.57. The van der Waals surface area contributed by atoms with Crippen LogP contribution in [0, 0.1) is 5.82 Å². The number of hydrogen-bond donors (Lipinski definition) is 2. The Morgan fingerprint density at radius 3 is 2.87 bits per heavy atom. The number of carbonyl (C=O) groups is 2. The third-order valence-electron chi connectivity index (χ3n) is 3.16. The van der Waals surface area contributed by atoms with E-state index in [9.17, 15) is 14.0 Å². The van der Waals surface area contributed by atoms with Crippen LogP contribution in [0.1, 0.15) is 21.7 Å². The number of carbonyl (C=O) groups excluding carboxylic acids is 2. The van der Waals surface area contributed by atoms with Gasteiger partial charge in [0, 0.05) is 12.0 Å². The Hall–Kier alpha value is -2.74. The molecule has 0 aliphatic carbocycles. The highest BCUT2D eigenvalue weighted by atomic mass is 32.1. The quantitative estimate of drug-likeness (QED) is 0.841. The molecule has 0 bridgehead atoms. The van der Waals surface area contributed by atoms with Crippen LogP contribution in [0.2, 0.25) is 0 Å². The number of hydrogen-bond acceptors (Lipinski definition) is 5. The monoisotopic (exact) mass is 333 g/mol. The van der Waals surface area contributed by atoms with Gasteiger partial charge in [0.25, 0.3) is 11.8 Å². The van der Waals surface area contributed by atoms with Crippen LogP contribution in [0.4, 0.5) is 4.39 Å². The van der Waals surface area contributed by atoms with Gasteiger partial charge in [-0.15, -0.1) is 11.3 Å². The Kier molecular flexibility index (Phi) is 4.33. The summed E-state index contributed by atoms with van der Waals surface area (Å²) < 4.78 is 13.2. The molecule has 0 unspecified atom stereocenters. The summed E-state index contributed by atoms with van der Waals surface area (Å²) in [6.07, 6.45) is -0.665. The molecule has 0 saturated heterocycles. The summed E-state index contributed by atoms with van der Waals surface area (Å²) >= 11 is 1.26. The van der Waals surface area contributed by atoms with Crippen molar-refractivity contribution in [1.82, 2.24) is 10.9 Å². The Morgan fingerprint density at radius 1 is 1.26 bits per heavy atom. The fourth-order valence-electron chi connectivity index (χ4n) is 2.02. The van der Waals surface area contributed by atoms with E-state index in [4.69, 9.17) is 4.84 Å². The van der Waals surface area contributed by atoms with Gasteiger partial charge in [-0.25, -0.2) is 4.39 Å². The zero-order chi connectivity index (χ0) is 16.2. The van der Waals surface area contributed by atoms with Gasteiger partial charge in [-0.1, -0.05) is 23.4 Å². The van der Waals surface area contributed by atoms with Gasteiger partial charge < -0.3 is 4.84 Å². The maximum absolute atomic E-state index is 13.2. The maximum atomic E-state index is 13.2. The summed E-state index contributed by atoms with van der Waals surface area (Å²) in [5.74, 6) is -1.32. The van der Waals surface area contributed by atoms with Crippen LogP contribution in [-0.2, 0) is 9.63 Å². The van der Waals surface area contributed by atoms with Gasteiger partial charge in [-0.2, -0.15) is 0 Å². The molecule has 2 aromatic rings. The van der Waals surface area contributed by atoms with Crippen molar-refractivity contribution in [2.45, 2.75) is 12.5 Å². The van der Waals surface area contributed by atoms with Gasteiger partial charge in [-0.05, 0) is 23.6 Å². The van der Waals surface area contributed by atoms with Crippen LogP contribution >= 0.6 is 11.3 Å². The first kappa shape index (κ1) is 15.2. The SMILES string of the molecule is O=C(NNC(=O)[C@@H]1CC(c2cccc(F)c2)=NO1)c1cccs1. The highest BCUT2D eigenvalue weighted by Gasteiger charge is 2.29. The molecular weight excluding hydrogens is 321 g/mol. The number of amides is 2. The Balaban J connectivity index is 1.53. The molecule has 1 aromatic carbocycles. The van der Waals surface area contributed by atoms with E-state index >= 15 is 0 Å². The van der Waals surface area contributed by atoms with Crippen molar-refractivity contribution in [3.63, 3.8) is 0 Å². The molecule has 3 rings (SSSR count). The number of nitrogens with zero attached hydrogens (tertiary/aromatic N) is 1. The van der Waals surface area contributed by atoms with Crippen LogP contribution in [0.5, 0.6) is 0 Å². The van der Waals surface area contributed by atoms with Gasteiger partial charge in [0.05, 0.1) is 10.6 Å². The molecule has 6 nitrogen and oxygen atoms in total. The van der Waals surface area contributed by atoms with E-state index < -0.39 is 17.9 Å². The predicted molar refractivity (Wildman–Crippen MR) is 82.4 cm³/mol. The third-order valence-corrected chi connectivity index (χ3v) is 4.03. The molecule has 8 heteroatoms. The van der Waals surface area contributed by atoms with Crippen molar-refractivity contribution in [3.8, 4) is 0 Å². The van der Waals surface area contributed by atoms with Crippen molar-refractivity contribution in [2.24, 2.45) is 5.16 Å². The van der Waals surface area contributed by atoms with Crippen LogP contribution in [0.25, 0.3) is 0 Å². The summed E-state index contributed by atoms with van der Waals surface area (Å²) in [7, 11) is 0. The molecule has 0 fully saturated rings. The molecule has 0 radical (unpaired) electrons. The topological polar surface area (TPSA) is 79.8 Å². The minimum atomic E-state index is -0.864. The number of thiophene rings is 1. The standard InChI is InChI=1S/C15H12FN3O3S/c16-10-4-1-3-9(7-10)11-8-12(22-19-11)14(20)17-18-15(21)13-5-2-6-23-13/h1-7,12H,8H2,(H,17,20)(H,18,21)/t12-/m0/s1. The summed E-state index contributed by atoms with van der Waals surface area (Å²) in [5.41, 5.74) is 5.64. The molecule has 1 atom stereocenters. The van der Waals surface area contributed by atoms with E-state index in [1.807, 2.05) is 0 Å². The minimum Gasteiger partial charge on any atom is -0.382 e. The first-order chi connectivity index (χ1) is 11.1. The van der Waals surface area contributed by atoms with Crippen molar-refractivity contribution < 1.29 is 18.8 Å². The fraction of sp³-hybridized carbons (Fsp3) is 0.133. The lowest BCUT2D eigenvalue weighted by molar-refractivity contribution is -0.131. The normalized spacial score (nSPS) is 16.4. The van der Waals surface area contributed by atoms with Crippen LogP contribution in [-0.4, -0.2) is 23.6 Å². The third kappa shape index (κ3) is 3.54. The molecule has 2 amide bonds. The van der Waals surface area contributed by atoms with Crippen LogP contribution < -0.4 is 10.9 Å². The summed E-state index contributed by atoms with van der Waals surface area (Å²) in [5, 5.41) is 5.56. The highest BCUT2D eigenvalue weighted by molar-refractivity contribution is 7.12. The summed E-state index contributed by atoms with van der Waals surface area (Å²) in [6, 6.07) is 9.27. The first-order valence-corrected chi connectivity index (χ1v) is 7.64. The zero-order valence-electron chi connectivity index (χ0n) is 11.8. The smallest absolute Gasteiger partial charge is 0.282 e. The lowest BCUT2D eigenvalue weighted by Crippen LogP contribution is -2.46. The highest BCUT2D eigenvalue weighted by Crippen LogP contribution is 2.17. The number of benzene rings is 1.